The Balaban J connectivity index is 2.32. The van der Waals surface area contributed by atoms with Crippen molar-refractivity contribution in [1.82, 2.24) is 4.90 Å². The summed E-state index contributed by atoms with van der Waals surface area (Å²) >= 11 is 0. The Kier molecular flexibility index (Phi) is 3.92. The first-order valence-corrected chi connectivity index (χ1v) is 7.32. The van der Waals surface area contributed by atoms with Crippen LogP contribution in [0.1, 0.15) is 44.7 Å². The maximum Gasteiger partial charge on any atom is 0.314 e. The van der Waals surface area contributed by atoms with E-state index >= 15 is 0 Å². The van der Waals surface area contributed by atoms with E-state index in [0.717, 1.165) is 24.2 Å². The van der Waals surface area contributed by atoms with E-state index in [4.69, 9.17) is 0 Å². The third-order valence-corrected chi connectivity index (χ3v) is 4.64. The lowest BCUT2D eigenvalue weighted by Gasteiger charge is -2.45. The van der Waals surface area contributed by atoms with Crippen LogP contribution in [0.3, 0.4) is 0 Å². The quantitative estimate of drug-likeness (QED) is 0.901. The summed E-state index contributed by atoms with van der Waals surface area (Å²) < 4.78 is 0. The van der Waals surface area contributed by atoms with Gasteiger partial charge in [-0.25, -0.2) is 0 Å². The number of hydrogen-bond acceptors (Lipinski definition) is 2. The maximum atomic E-state index is 12.0. The molecule has 0 aliphatic carbocycles. The first-order chi connectivity index (χ1) is 9.27. The number of piperidine rings is 1. The first-order valence-electron chi connectivity index (χ1n) is 7.32. The fourth-order valence-corrected chi connectivity index (χ4v) is 3.27. The van der Waals surface area contributed by atoms with E-state index in [1.54, 1.807) is 0 Å². The molecule has 20 heavy (non-hydrogen) atoms. The highest BCUT2D eigenvalue weighted by molar-refractivity contribution is 5.82. The van der Waals surface area contributed by atoms with Crippen molar-refractivity contribution in [1.29, 1.82) is 0 Å². The normalized spacial score (nSPS) is 19.8. The van der Waals surface area contributed by atoms with E-state index in [2.05, 4.69) is 25.7 Å². The van der Waals surface area contributed by atoms with Crippen LogP contribution in [0.25, 0.3) is 0 Å². The number of nitrogens with zero attached hydrogens (tertiary/aromatic N) is 1. The van der Waals surface area contributed by atoms with Gasteiger partial charge >= 0.3 is 5.97 Å². The highest BCUT2D eigenvalue weighted by Gasteiger charge is 2.45. The predicted octanol–water partition coefficient (Wildman–Crippen LogP) is 3.21. The summed E-state index contributed by atoms with van der Waals surface area (Å²) in [6, 6.07) is 7.91. The van der Waals surface area contributed by atoms with Crippen molar-refractivity contribution >= 4 is 5.97 Å². The van der Waals surface area contributed by atoms with Gasteiger partial charge < -0.3 is 5.11 Å². The molecule has 0 radical (unpaired) electrons. The monoisotopic (exact) mass is 275 g/mol. The van der Waals surface area contributed by atoms with Gasteiger partial charge in [0.25, 0.3) is 0 Å². The summed E-state index contributed by atoms with van der Waals surface area (Å²) in [5.41, 5.74) is 1.46. The van der Waals surface area contributed by atoms with Gasteiger partial charge in [-0.1, -0.05) is 24.3 Å². The van der Waals surface area contributed by atoms with Crippen LogP contribution in [0.4, 0.5) is 0 Å². The van der Waals surface area contributed by atoms with Crippen LogP contribution in [-0.4, -0.2) is 34.6 Å². The van der Waals surface area contributed by atoms with E-state index in [-0.39, 0.29) is 5.54 Å². The number of likely N-dealkylation sites (tertiary alicyclic amines) is 1. The molecule has 2 rings (SSSR count). The van der Waals surface area contributed by atoms with Gasteiger partial charge in [0, 0.05) is 18.6 Å². The Morgan fingerprint density at radius 3 is 2.20 bits per heavy atom. The Hall–Kier alpha value is -1.35. The zero-order valence-electron chi connectivity index (χ0n) is 12.9. The van der Waals surface area contributed by atoms with E-state index in [1.807, 2.05) is 31.2 Å². The Labute approximate surface area is 121 Å². The number of carboxylic acids is 1. The lowest BCUT2D eigenvalue weighted by Crippen LogP contribution is -2.53. The average Bonchev–Trinajstić information content (AvgIpc) is 2.38. The van der Waals surface area contributed by atoms with Gasteiger partial charge in [0.05, 0.1) is 5.41 Å². The molecule has 0 amide bonds. The minimum Gasteiger partial charge on any atom is -0.481 e. The molecule has 0 atom stereocenters. The highest BCUT2D eigenvalue weighted by atomic mass is 16.4. The van der Waals surface area contributed by atoms with Crippen LogP contribution in [0.15, 0.2) is 24.3 Å². The third kappa shape index (κ3) is 2.59. The van der Waals surface area contributed by atoms with E-state index in [1.165, 1.54) is 0 Å². The molecular weight excluding hydrogens is 250 g/mol. The Morgan fingerprint density at radius 2 is 1.75 bits per heavy atom. The van der Waals surface area contributed by atoms with E-state index < -0.39 is 11.4 Å². The fraction of sp³-hybridized carbons (Fsp3) is 0.588. The van der Waals surface area contributed by atoms with Gasteiger partial charge in [0.15, 0.2) is 0 Å². The molecule has 0 spiro atoms. The SMILES string of the molecule is Cc1ccccc1C1(C(=O)O)CCN(C(C)(C)C)CC1. The van der Waals surface area contributed by atoms with Crippen LogP contribution in [-0.2, 0) is 10.2 Å². The van der Waals surface area contributed by atoms with E-state index in [0.29, 0.717) is 12.8 Å². The summed E-state index contributed by atoms with van der Waals surface area (Å²) in [7, 11) is 0. The summed E-state index contributed by atoms with van der Waals surface area (Å²) in [5, 5.41) is 9.84. The van der Waals surface area contributed by atoms with Gasteiger partial charge in [0.2, 0.25) is 0 Å². The number of hydrogen-bond donors (Lipinski definition) is 1. The largest absolute Gasteiger partial charge is 0.481 e. The van der Waals surface area contributed by atoms with Crippen molar-refractivity contribution < 1.29 is 9.90 Å². The number of carboxylic acid groups (broad SMARTS) is 1. The lowest BCUT2D eigenvalue weighted by atomic mass is 9.71. The van der Waals surface area contributed by atoms with Crippen LogP contribution in [0.5, 0.6) is 0 Å². The molecule has 1 aromatic carbocycles. The van der Waals surface area contributed by atoms with Crippen molar-refractivity contribution in [2.75, 3.05) is 13.1 Å². The average molecular weight is 275 g/mol. The van der Waals surface area contributed by atoms with Crippen LogP contribution in [0, 0.1) is 6.92 Å². The molecule has 0 saturated carbocycles. The van der Waals surface area contributed by atoms with Gasteiger partial charge in [-0.3, -0.25) is 9.69 Å². The molecule has 0 unspecified atom stereocenters. The van der Waals surface area contributed by atoms with Crippen molar-refractivity contribution in [3.05, 3.63) is 35.4 Å². The Morgan fingerprint density at radius 1 is 1.20 bits per heavy atom. The van der Waals surface area contributed by atoms with Crippen molar-refractivity contribution in [3.8, 4) is 0 Å². The van der Waals surface area contributed by atoms with Crippen molar-refractivity contribution in [3.63, 3.8) is 0 Å². The molecule has 1 heterocycles. The molecule has 1 fully saturated rings. The molecule has 3 nitrogen and oxygen atoms in total. The molecular formula is C17H25NO2. The minimum absolute atomic E-state index is 0.108. The summed E-state index contributed by atoms with van der Waals surface area (Å²) in [4.78, 5) is 14.3. The molecule has 0 aromatic heterocycles. The molecule has 110 valence electrons. The second-order valence-corrected chi connectivity index (χ2v) is 6.86. The second-order valence-electron chi connectivity index (χ2n) is 6.86. The van der Waals surface area contributed by atoms with Gasteiger partial charge in [-0.15, -0.1) is 0 Å². The smallest absolute Gasteiger partial charge is 0.314 e. The van der Waals surface area contributed by atoms with Crippen molar-refractivity contribution in [2.45, 2.75) is 51.5 Å². The topological polar surface area (TPSA) is 40.5 Å². The molecule has 1 aliphatic rings. The molecule has 1 saturated heterocycles. The third-order valence-electron chi connectivity index (χ3n) is 4.64. The highest BCUT2D eigenvalue weighted by Crippen LogP contribution is 2.39. The minimum atomic E-state index is -0.715. The molecule has 1 aromatic rings. The van der Waals surface area contributed by atoms with Crippen molar-refractivity contribution in [2.24, 2.45) is 0 Å². The Bertz CT molecular complexity index is 494. The molecule has 3 heteroatoms. The molecule has 1 aliphatic heterocycles. The number of rotatable bonds is 2. The lowest BCUT2D eigenvalue weighted by molar-refractivity contribution is -0.146. The number of carbonyl (C=O) groups is 1. The fourth-order valence-electron chi connectivity index (χ4n) is 3.27. The molecule has 0 bridgehead atoms. The summed E-state index contributed by atoms with van der Waals surface area (Å²) in [6.45, 7) is 10.3. The predicted molar refractivity (Wildman–Crippen MR) is 81.1 cm³/mol. The second kappa shape index (κ2) is 5.21. The van der Waals surface area contributed by atoms with E-state index in [9.17, 15) is 9.90 Å². The van der Waals surface area contributed by atoms with Gasteiger partial charge in [0.1, 0.15) is 0 Å². The number of aryl methyl sites for hydroxylation is 1. The zero-order valence-corrected chi connectivity index (χ0v) is 12.9. The maximum absolute atomic E-state index is 12.0. The first kappa shape index (κ1) is 15.0. The summed E-state index contributed by atoms with van der Waals surface area (Å²) in [5.74, 6) is -0.680. The van der Waals surface area contributed by atoms with Gasteiger partial charge in [-0.2, -0.15) is 0 Å². The molecule has 1 N–H and O–H groups in total. The number of benzene rings is 1. The standard InChI is InChI=1S/C17H25NO2/c1-13-7-5-6-8-14(13)17(15(19)20)9-11-18(12-10-17)16(2,3)4/h5-8H,9-12H2,1-4H3,(H,19,20). The van der Waals surface area contributed by atoms with Crippen LogP contribution in [0.2, 0.25) is 0 Å². The zero-order chi connectivity index (χ0) is 15.0. The van der Waals surface area contributed by atoms with Gasteiger partial charge in [-0.05, 0) is 51.7 Å². The van der Waals surface area contributed by atoms with Crippen LogP contribution < -0.4 is 0 Å². The summed E-state index contributed by atoms with van der Waals surface area (Å²) in [6.07, 6.45) is 1.37. The number of aliphatic carboxylic acids is 1. The van der Waals surface area contributed by atoms with Crippen LogP contribution >= 0.6 is 0 Å².